The Morgan fingerprint density at radius 2 is 2.50 bits per heavy atom. The molecule has 1 unspecified atom stereocenters. The van der Waals surface area contributed by atoms with Crippen LogP contribution in [0.4, 0.5) is 10.1 Å². The van der Waals surface area contributed by atoms with Crippen molar-refractivity contribution in [3.63, 3.8) is 0 Å². The van der Waals surface area contributed by atoms with Crippen LogP contribution < -0.4 is 5.32 Å². The summed E-state index contributed by atoms with van der Waals surface area (Å²) in [6.07, 6.45) is 2.35. The molecular formula is C9H8FN3O. The van der Waals surface area contributed by atoms with Gasteiger partial charge in [0, 0.05) is 6.20 Å². The monoisotopic (exact) mass is 193 g/mol. The summed E-state index contributed by atoms with van der Waals surface area (Å²) < 4.78 is 13.0. The molecule has 14 heavy (non-hydrogen) atoms. The number of halogens is 1. The normalized spacial score (nSPS) is 11.5. The number of nitriles is 1. The van der Waals surface area contributed by atoms with Crippen LogP contribution in [0.15, 0.2) is 18.5 Å². The minimum Gasteiger partial charge on any atom is -0.322 e. The van der Waals surface area contributed by atoms with Crippen LogP contribution >= 0.6 is 0 Å². The first-order chi connectivity index (χ1) is 6.65. The van der Waals surface area contributed by atoms with E-state index in [9.17, 15) is 9.18 Å². The molecule has 0 spiro atoms. The summed E-state index contributed by atoms with van der Waals surface area (Å²) in [5.74, 6) is -1.95. The van der Waals surface area contributed by atoms with Crippen molar-refractivity contribution in [2.24, 2.45) is 5.92 Å². The van der Waals surface area contributed by atoms with Crippen LogP contribution in [0.25, 0.3) is 0 Å². The predicted octanol–water partition coefficient (Wildman–Crippen LogP) is 1.32. The summed E-state index contributed by atoms with van der Waals surface area (Å²) in [5, 5.41) is 10.7. The maximum Gasteiger partial charge on any atom is 0.241 e. The molecule has 1 heterocycles. The molecule has 0 radical (unpaired) electrons. The van der Waals surface area contributed by atoms with Gasteiger partial charge in [-0.15, -0.1) is 0 Å². The van der Waals surface area contributed by atoms with E-state index < -0.39 is 17.6 Å². The zero-order valence-electron chi connectivity index (χ0n) is 7.49. The van der Waals surface area contributed by atoms with E-state index in [4.69, 9.17) is 5.26 Å². The Kier molecular flexibility index (Phi) is 3.13. The van der Waals surface area contributed by atoms with Crippen molar-refractivity contribution >= 4 is 11.6 Å². The molecule has 1 atom stereocenters. The number of nitrogens with one attached hydrogen (secondary N) is 1. The summed E-state index contributed by atoms with van der Waals surface area (Å²) in [7, 11) is 0. The van der Waals surface area contributed by atoms with Gasteiger partial charge >= 0.3 is 0 Å². The standard InChI is InChI=1S/C9H8FN3O/c1-6(4-11)9(14)13-8-2-3-12-5-7(8)10/h2-3,5-6H,1H3,(H,12,13,14). The summed E-state index contributed by atoms with van der Waals surface area (Å²) in [4.78, 5) is 14.7. The van der Waals surface area contributed by atoms with Crippen molar-refractivity contribution in [3.8, 4) is 6.07 Å². The van der Waals surface area contributed by atoms with Crippen molar-refractivity contribution < 1.29 is 9.18 Å². The lowest BCUT2D eigenvalue weighted by molar-refractivity contribution is -0.117. The van der Waals surface area contributed by atoms with Crippen LogP contribution in [0.3, 0.4) is 0 Å². The van der Waals surface area contributed by atoms with Gasteiger partial charge in [0.1, 0.15) is 5.92 Å². The number of nitrogens with zero attached hydrogens (tertiary/aromatic N) is 2. The molecule has 0 saturated heterocycles. The van der Waals surface area contributed by atoms with Crippen LogP contribution in [-0.2, 0) is 4.79 Å². The second-order valence-electron chi connectivity index (χ2n) is 2.70. The molecule has 0 aromatic carbocycles. The van der Waals surface area contributed by atoms with Crippen molar-refractivity contribution in [1.29, 1.82) is 5.26 Å². The number of carbonyl (C=O) groups is 1. The van der Waals surface area contributed by atoms with Crippen LogP contribution in [0, 0.1) is 23.1 Å². The third kappa shape index (κ3) is 2.26. The van der Waals surface area contributed by atoms with Gasteiger partial charge < -0.3 is 5.32 Å². The average molecular weight is 193 g/mol. The van der Waals surface area contributed by atoms with E-state index in [0.717, 1.165) is 6.20 Å². The highest BCUT2D eigenvalue weighted by Crippen LogP contribution is 2.11. The quantitative estimate of drug-likeness (QED) is 0.770. The Labute approximate surface area is 80.4 Å². The molecule has 1 aromatic rings. The first-order valence-electron chi connectivity index (χ1n) is 3.95. The van der Waals surface area contributed by atoms with E-state index in [1.54, 1.807) is 6.07 Å². The zero-order valence-corrected chi connectivity index (χ0v) is 7.49. The van der Waals surface area contributed by atoms with E-state index in [0.29, 0.717) is 0 Å². The zero-order chi connectivity index (χ0) is 10.6. The number of hydrogen-bond acceptors (Lipinski definition) is 3. The number of rotatable bonds is 2. The first-order valence-corrected chi connectivity index (χ1v) is 3.95. The van der Waals surface area contributed by atoms with E-state index in [2.05, 4.69) is 10.3 Å². The third-order valence-electron chi connectivity index (χ3n) is 1.62. The Bertz CT molecular complexity index is 386. The number of anilines is 1. The lowest BCUT2D eigenvalue weighted by atomic mass is 10.2. The van der Waals surface area contributed by atoms with Gasteiger partial charge in [-0.25, -0.2) is 4.39 Å². The number of aromatic nitrogens is 1. The number of pyridine rings is 1. The molecule has 0 aliphatic rings. The van der Waals surface area contributed by atoms with Crippen molar-refractivity contribution in [2.45, 2.75) is 6.92 Å². The highest BCUT2D eigenvalue weighted by molar-refractivity contribution is 5.93. The fourth-order valence-electron chi connectivity index (χ4n) is 0.776. The SMILES string of the molecule is CC(C#N)C(=O)Nc1ccncc1F. The topological polar surface area (TPSA) is 65.8 Å². The molecule has 4 nitrogen and oxygen atoms in total. The average Bonchev–Trinajstić information content (AvgIpc) is 2.20. The highest BCUT2D eigenvalue weighted by atomic mass is 19.1. The van der Waals surface area contributed by atoms with E-state index in [1.165, 1.54) is 19.2 Å². The maximum absolute atomic E-state index is 13.0. The predicted molar refractivity (Wildman–Crippen MR) is 47.6 cm³/mol. The molecule has 0 bridgehead atoms. The number of carbonyl (C=O) groups excluding carboxylic acids is 1. The van der Waals surface area contributed by atoms with Crippen LogP contribution in [0.1, 0.15) is 6.92 Å². The Hall–Kier alpha value is -1.96. The Balaban J connectivity index is 2.76. The summed E-state index contributed by atoms with van der Waals surface area (Å²) in [5.41, 5.74) is 0.0344. The molecule has 0 saturated carbocycles. The summed E-state index contributed by atoms with van der Waals surface area (Å²) in [6, 6.07) is 3.08. The molecule has 1 N–H and O–H groups in total. The van der Waals surface area contributed by atoms with Gasteiger partial charge in [-0.05, 0) is 13.0 Å². The second-order valence-corrected chi connectivity index (χ2v) is 2.70. The molecule has 1 amide bonds. The maximum atomic E-state index is 13.0. The molecule has 1 aromatic heterocycles. The fraction of sp³-hybridized carbons (Fsp3) is 0.222. The van der Waals surface area contributed by atoms with Crippen LogP contribution in [0.2, 0.25) is 0 Å². The smallest absolute Gasteiger partial charge is 0.241 e. The molecule has 5 heteroatoms. The Morgan fingerprint density at radius 1 is 1.79 bits per heavy atom. The van der Waals surface area contributed by atoms with Gasteiger partial charge in [-0.3, -0.25) is 9.78 Å². The van der Waals surface area contributed by atoms with Gasteiger partial charge in [0.25, 0.3) is 0 Å². The molecule has 1 rings (SSSR count). The first kappa shape index (κ1) is 10.1. The molecule has 0 aliphatic carbocycles. The molecule has 0 aliphatic heterocycles. The minimum atomic E-state index is -0.803. The van der Waals surface area contributed by atoms with Crippen LogP contribution in [-0.4, -0.2) is 10.9 Å². The second kappa shape index (κ2) is 4.33. The summed E-state index contributed by atoms with van der Waals surface area (Å²) in [6.45, 7) is 1.44. The van der Waals surface area contributed by atoms with Gasteiger partial charge in [0.15, 0.2) is 5.82 Å². The number of hydrogen-bond donors (Lipinski definition) is 1. The van der Waals surface area contributed by atoms with Crippen LogP contribution in [0.5, 0.6) is 0 Å². The van der Waals surface area contributed by atoms with E-state index in [-0.39, 0.29) is 5.69 Å². The van der Waals surface area contributed by atoms with Crippen molar-refractivity contribution in [2.75, 3.05) is 5.32 Å². The molecular weight excluding hydrogens is 185 g/mol. The van der Waals surface area contributed by atoms with Gasteiger partial charge in [0.2, 0.25) is 5.91 Å². The van der Waals surface area contributed by atoms with Gasteiger partial charge in [-0.2, -0.15) is 5.26 Å². The minimum absolute atomic E-state index is 0.0344. The Morgan fingerprint density at radius 3 is 3.07 bits per heavy atom. The lowest BCUT2D eigenvalue weighted by Crippen LogP contribution is -2.19. The molecule has 72 valence electrons. The number of amides is 1. The fourth-order valence-corrected chi connectivity index (χ4v) is 0.776. The lowest BCUT2D eigenvalue weighted by Gasteiger charge is -2.05. The van der Waals surface area contributed by atoms with Gasteiger partial charge in [0.05, 0.1) is 18.0 Å². The highest BCUT2D eigenvalue weighted by Gasteiger charge is 2.13. The largest absolute Gasteiger partial charge is 0.322 e. The van der Waals surface area contributed by atoms with Crippen molar-refractivity contribution in [1.82, 2.24) is 4.98 Å². The van der Waals surface area contributed by atoms with Crippen molar-refractivity contribution in [3.05, 3.63) is 24.3 Å². The molecule has 0 fully saturated rings. The summed E-state index contributed by atoms with van der Waals surface area (Å²) >= 11 is 0. The third-order valence-corrected chi connectivity index (χ3v) is 1.62. The van der Waals surface area contributed by atoms with Gasteiger partial charge in [-0.1, -0.05) is 0 Å². The van der Waals surface area contributed by atoms with E-state index in [1.807, 2.05) is 0 Å². The van der Waals surface area contributed by atoms with E-state index >= 15 is 0 Å².